The molecule has 0 aromatic heterocycles. The molecule has 0 saturated heterocycles. The molecular formula is C16H25N3O2. The van der Waals surface area contributed by atoms with E-state index < -0.39 is 5.54 Å². The quantitative estimate of drug-likeness (QED) is 0.753. The van der Waals surface area contributed by atoms with E-state index in [0.29, 0.717) is 17.8 Å². The molecule has 5 heteroatoms. The fourth-order valence-electron chi connectivity index (χ4n) is 1.83. The second-order valence-electron chi connectivity index (χ2n) is 5.84. The first kappa shape index (κ1) is 17.2. The maximum absolute atomic E-state index is 12.1. The molecular weight excluding hydrogens is 266 g/mol. The lowest BCUT2D eigenvalue weighted by molar-refractivity contribution is -0.121. The number of carbonyl (C=O) groups is 2. The summed E-state index contributed by atoms with van der Waals surface area (Å²) in [4.78, 5) is 23.7. The standard InChI is InChI=1S/C16H25N3O2/c1-5-10-16(4,17)15(21)19-13-8-6-12(7-9-13)18-14(20)11(2)3/h6-9,11H,5,10,17H2,1-4H3,(H,18,20)(H,19,21). The van der Waals surface area contributed by atoms with E-state index in [1.807, 2.05) is 20.8 Å². The third-order valence-electron chi connectivity index (χ3n) is 3.22. The van der Waals surface area contributed by atoms with Crippen LogP contribution in [0.4, 0.5) is 11.4 Å². The molecule has 0 spiro atoms. The second-order valence-corrected chi connectivity index (χ2v) is 5.84. The highest BCUT2D eigenvalue weighted by atomic mass is 16.2. The molecule has 4 N–H and O–H groups in total. The number of amides is 2. The first-order chi connectivity index (χ1) is 9.76. The molecule has 0 saturated carbocycles. The van der Waals surface area contributed by atoms with Crippen molar-refractivity contribution in [3.05, 3.63) is 24.3 Å². The van der Waals surface area contributed by atoms with Gasteiger partial charge in [-0.05, 0) is 37.6 Å². The molecule has 0 fully saturated rings. The van der Waals surface area contributed by atoms with Crippen molar-refractivity contribution in [1.29, 1.82) is 0 Å². The SMILES string of the molecule is CCCC(C)(N)C(=O)Nc1ccc(NC(=O)C(C)C)cc1. The molecule has 1 aromatic rings. The highest BCUT2D eigenvalue weighted by Gasteiger charge is 2.27. The molecule has 2 amide bonds. The van der Waals surface area contributed by atoms with E-state index in [0.717, 1.165) is 6.42 Å². The van der Waals surface area contributed by atoms with Gasteiger partial charge in [-0.25, -0.2) is 0 Å². The Morgan fingerprint density at radius 3 is 2.05 bits per heavy atom. The van der Waals surface area contributed by atoms with Crippen molar-refractivity contribution in [1.82, 2.24) is 0 Å². The van der Waals surface area contributed by atoms with Gasteiger partial charge in [0.2, 0.25) is 11.8 Å². The van der Waals surface area contributed by atoms with Crippen molar-refractivity contribution < 1.29 is 9.59 Å². The molecule has 1 unspecified atom stereocenters. The Morgan fingerprint density at radius 1 is 1.14 bits per heavy atom. The van der Waals surface area contributed by atoms with Gasteiger partial charge in [-0.15, -0.1) is 0 Å². The van der Waals surface area contributed by atoms with Gasteiger partial charge < -0.3 is 16.4 Å². The van der Waals surface area contributed by atoms with E-state index >= 15 is 0 Å². The summed E-state index contributed by atoms with van der Waals surface area (Å²) in [5, 5.41) is 5.59. The van der Waals surface area contributed by atoms with Crippen LogP contribution in [0.25, 0.3) is 0 Å². The smallest absolute Gasteiger partial charge is 0.244 e. The first-order valence-corrected chi connectivity index (χ1v) is 7.27. The van der Waals surface area contributed by atoms with Crippen LogP contribution in [0.5, 0.6) is 0 Å². The number of anilines is 2. The van der Waals surface area contributed by atoms with E-state index in [-0.39, 0.29) is 17.7 Å². The van der Waals surface area contributed by atoms with Crippen LogP contribution in [0.3, 0.4) is 0 Å². The maximum Gasteiger partial charge on any atom is 0.244 e. The minimum Gasteiger partial charge on any atom is -0.326 e. The van der Waals surface area contributed by atoms with Crippen LogP contribution in [0.1, 0.15) is 40.5 Å². The van der Waals surface area contributed by atoms with Crippen LogP contribution in [0, 0.1) is 5.92 Å². The van der Waals surface area contributed by atoms with Crippen LogP contribution < -0.4 is 16.4 Å². The van der Waals surface area contributed by atoms with Crippen molar-refractivity contribution in [3.8, 4) is 0 Å². The van der Waals surface area contributed by atoms with E-state index in [2.05, 4.69) is 10.6 Å². The van der Waals surface area contributed by atoms with Gasteiger partial charge >= 0.3 is 0 Å². The molecule has 21 heavy (non-hydrogen) atoms. The molecule has 0 radical (unpaired) electrons. The lowest BCUT2D eigenvalue weighted by atomic mass is 9.96. The summed E-state index contributed by atoms with van der Waals surface area (Å²) in [6.45, 7) is 7.38. The lowest BCUT2D eigenvalue weighted by Crippen LogP contribution is -2.48. The Bertz CT molecular complexity index is 493. The Kier molecular flexibility index (Phi) is 5.90. The second kappa shape index (κ2) is 7.22. The summed E-state index contributed by atoms with van der Waals surface area (Å²) in [5.41, 5.74) is 6.47. The lowest BCUT2D eigenvalue weighted by Gasteiger charge is -2.22. The highest BCUT2D eigenvalue weighted by molar-refractivity contribution is 5.98. The van der Waals surface area contributed by atoms with Gasteiger partial charge in [-0.3, -0.25) is 9.59 Å². The zero-order valence-electron chi connectivity index (χ0n) is 13.2. The number of nitrogens with two attached hydrogens (primary N) is 1. The Morgan fingerprint density at radius 2 is 1.62 bits per heavy atom. The van der Waals surface area contributed by atoms with E-state index in [9.17, 15) is 9.59 Å². The largest absolute Gasteiger partial charge is 0.326 e. The van der Waals surface area contributed by atoms with Crippen LogP contribution in [0.2, 0.25) is 0 Å². The zero-order chi connectivity index (χ0) is 16.0. The zero-order valence-corrected chi connectivity index (χ0v) is 13.2. The van der Waals surface area contributed by atoms with Crippen molar-refractivity contribution in [3.63, 3.8) is 0 Å². The fourth-order valence-corrected chi connectivity index (χ4v) is 1.83. The van der Waals surface area contributed by atoms with Gasteiger partial charge in [-0.2, -0.15) is 0 Å². The summed E-state index contributed by atoms with van der Waals surface area (Å²) >= 11 is 0. The summed E-state index contributed by atoms with van der Waals surface area (Å²) in [7, 11) is 0. The molecule has 1 aromatic carbocycles. The summed E-state index contributed by atoms with van der Waals surface area (Å²) < 4.78 is 0. The average molecular weight is 291 g/mol. The molecule has 0 bridgehead atoms. The molecule has 0 aliphatic rings. The predicted octanol–water partition coefficient (Wildman–Crippen LogP) is 2.74. The normalized spacial score (nSPS) is 13.6. The molecule has 1 rings (SSSR count). The van der Waals surface area contributed by atoms with E-state index in [4.69, 9.17) is 5.73 Å². The van der Waals surface area contributed by atoms with Crippen LogP contribution >= 0.6 is 0 Å². The van der Waals surface area contributed by atoms with Gasteiger partial charge in [-0.1, -0.05) is 27.2 Å². The molecule has 1 atom stereocenters. The number of rotatable bonds is 6. The first-order valence-electron chi connectivity index (χ1n) is 7.27. The minimum atomic E-state index is -0.876. The highest BCUT2D eigenvalue weighted by Crippen LogP contribution is 2.17. The summed E-state index contributed by atoms with van der Waals surface area (Å²) in [6.07, 6.45) is 1.47. The predicted molar refractivity (Wildman–Crippen MR) is 86.0 cm³/mol. The number of nitrogens with one attached hydrogen (secondary N) is 2. The summed E-state index contributed by atoms with van der Waals surface area (Å²) in [6, 6.07) is 7.00. The summed E-state index contributed by atoms with van der Waals surface area (Å²) in [5.74, 6) is -0.316. The topological polar surface area (TPSA) is 84.2 Å². The van der Waals surface area contributed by atoms with Crippen molar-refractivity contribution >= 4 is 23.2 Å². The van der Waals surface area contributed by atoms with Gasteiger partial charge in [0, 0.05) is 17.3 Å². The monoisotopic (exact) mass is 291 g/mol. The Labute approximate surface area is 126 Å². The number of hydrogen-bond acceptors (Lipinski definition) is 3. The molecule has 0 aliphatic heterocycles. The van der Waals surface area contributed by atoms with Crippen molar-refractivity contribution in [2.75, 3.05) is 10.6 Å². The average Bonchev–Trinajstić information content (AvgIpc) is 2.40. The van der Waals surface area contributed by atoms with Gasteiger partial charge in [0.1, 0.15) is 0 Å². The molecule has 0 aliphatic carbocycles. The molecule has 5 nitrogen and oxygen atoms in total. The van der Waals surface area contributed by atoms with E-state index in [1.165, 1.54) is 0 Å². The third kappa shape index (κ3) is 5.19. The minimum absolute atomic E-state index is 0.0377. The van der Waals surface area contributed by atoms with Gasteiger partial charge in [0.05, 0.1) is 5.54 Å². The number of carbonyl (C=O) groups excluding carboxylic acids is 2. The van der Waals surface area contributed by atoms with Crippen LogP contribution in [-0.4, -0.2) is 17.4 Å². The van der Waals surface area contributed by atoms with Crippen molar-refractivity contribution in [2.24, 2.45) is 11.7 Å². The Hall–Kier alpha value is -1.88. The third-order valence-corrected chi connectivity index (χ3v) is 3.22. The van der Waals surface area contributed by atoms with E-state index in [1.54, 1.807) is 31.2 Å². The number of hydrogen-bond donors (Lipinski definition) is 3. The van der Waals surface area contributed by atoms with Crippen LogP contribution in [-0.2, 0) is 9.59 Å². The fraction of sp³-hybridized carbons (Fsp3) is 0.500. The van der Waals surface area contributed by atoms with Crippen LogP contribution in [0.15, 0.2) is 24.3 Å². The Balaban J connectivity index is 2.67. The van der Waals surface area contributed by atoms with Gasteiger partial charge in [0.15, 0.2) is 0 Å². The molecule has 0 heterocycles. The maximum atomic E-state index is 12.1. The van der Waals surface area contributed by atoms with Crippen molar-refractivity contribution in [2.45, 2.75) is 46.1 Å². The van der Waals surface area contributed by atoms with Gasteiger partial charge in [0.25, 0.3) is 0 Å². The number of benzene rings is 1. The molecule has 116 valence electrons.